The van der Waals surface area contributed by atoms with Crippen molar-refractivity contribution < 1.29 is 19.4 Å². The van der Waals surface area contributed by atoms with Crippen LogP contribution >= 0.6 is 0 Å². The second-order valence-corrected chi connectivity index (χ2v) is 7.67. The Morgan fingerprint density at radius 1 is 1.25 bits per heavy atom. The lowest BCUT2D eigenvalue weighted by Gasteiger charge is -2.30. The van der Waals surface area contributed by atoms with Gasteiger partial charge in [0.25, 0.3) is 5.91 Å². The first-order valence-corrected chi connectivity index (χ1v) is 10.0. The smallest absolute Gasteiger partial charge is 0.255 e. The van der Waals surface area contributed by atoms with Gasteiger partial charge in [0, 0.05) is 51.4 Å². The first kappa shape index (κ1) is 20.5. The van der Waals surface area contributed by atoms with Gasteiger partial charge in [-0.2, -0.15) is 0 Å². The molecule has 1 saturated heterocycles. The second kappa shape index (κ2) is 9.84. The van der Waals surface area contributed by atoms with Crippen molar-refractivity contribution in [2.24, 2.45) is 5.92 Å². The molecule has 1 aromatic heterocycles. The zero-order valence-corrected chi connectivity index (χ0v) is 16.4. The summed E-state index contributed by atoms with van der Waals surface area (Å²) in [6.07, 6.45) is 7.62. The Labute approximate surface area is 165 Å². The number of nitrogens with zero attached hydrogens (tertiary/aromatic N) is 2. The molecule has 0 unspecified atom stereocenters. The molecule has 2 fully saturated rings. The first-order valence-electron chi connectivity index (χ1n) is 10.0. The molecule has 0 aromatic carbocycles. The summed E-state index contributed by atoms with van der Waals surface area (Å²) in [6, 6.07) is 1.93. The Bertz CT molecular complexity index is 680. The van der Waals surface area contributed by atoms with E-state index in [0.717, 1.165) is 19.4 Å². The fourth-order valence-corrected chi connectivity index (χ4v) is 3.81. The molecule has 8 heteroatoms. The van der Waals surface area contributed by atoms with E-state index in [4.69, 9.17) is 4.74 Å². The van der Waals surface area contributed by atoms with Crippen LogP contribution in [-0.4, -0.2) is 72.2 Å². The molecule has 0 spiro atoms. The van der Waals surface area contributed by atoms with E-state index in [1.165, 1.54) is 31.3 Å². The number of aromatic nitrogens is 1. The minimum absolute atomic E-state index is 0.0502. The zero-order chi connectivity index (χ0) is 19.9. The molecule has 0 radical (unpaired) electrons. The summed E-state index contributed by atoms with van der Waals surface area (Å²) in [5.41, 5.74) is 0.232. The summed E-state index contributed by atoms with van der Waals surface area (Å²) in [7, 11) is 1.62. The number of aromatic hydroxyl groups is 1. The molecule has 3 N–H and O–H groups in total. The standard InChI is InChI=1S/C20H30N4O4/c1-28-9-8-22-19(26)10-15-4-5-16(24(15)13-14-2-3-14)11-23-20(27)17-6-7-21-12-18(17)25/h6-7,12,14-16,25H,2-5,8-11,13H2,1H3,(H,22,26)(H,23,27)/t15-,16+/m1/s1. The van der Waals surface area contributed by atoms with Crippen LogP contribution in [0.3, 0.4) is 0 Å². The minimum atomic E-state index is -0.299. The van der Waals surface area contributed by atoms with Gasteiger partial charge in [-0.15, -0.1) is 0 Å². The summed E-state index contributed by atoms with van der Waals surface area (Å²) >= 11 is 0. The summed E-state index contributed by atoms with van der Waals surface area (Å²) in [5.74, 6) is 0.340. The van der Waals surface area contributed by atoms with E-state index >= 15 is 0 Å². The fraction of sp³-hybridized carbons (Fsp3) is 0.650. The number of hydrogen-bond donors (Lipinski definition) is 3. The number of likely N-dealkylation sites (tertiary alicyclic amines) is 1. The predicted octanol–water partition coefficient (Wildman–Crippen LogP) is 0.913. The van der Waals surface area contributed by atoms with Gasteiger partial charge in [-0.05, 0) is 37.7 Å². The summed E-state index contributed by atoms with van der Waals surface area (Å²) < 4.78 is 4.97. The second-order valence-electron chi connectivity index (χ2n) is 7.67. The van der Waals surface area contributed by atoms with Crippen molar-refractivity contribution in [2.45, 2.75) is 44.2 Å². The number of ether oxygens (including phenoxy) is 1. The number of pyridine rings is 1. The highest BCUT2D eigenvalue weighted by atomic mass is 16.5. The van der Waals surface area contributed by atoms with Crippen molar-refractivity contribution in [2.75, 3.05) is 33.4 Å². The van der Waals surface area contributed by atoms with Gasteiger partial charge in [0.1, 0.15) is 5.75 Å². The highest BCUT2D eigenvalue weighted by Gasteiger charge is 2.38. The molecule has 1 aromatic rings. The largest absolute Gasteiger partial charge is 0.505 e. The van der Waals surface area contributed by atoms with Crippen LogP contribution in [0.25, 0.3) is 0 Å². The summed E-state index contributed by atoms with van der Waals surface area (Å²) in [4.78, 5) is 30.8. The maximum atomic E-state index is 12.4. The molecule has 2 atom stereocenters. The Morgan fingerprint density at radius 2 is 2.04 bits per heavy atom. The highest BCUT2D eigenvalue weighted by Crippen LogP contribution is 2.35. The number of methoxy groups -OCH3 is 1. The van der Waals surface area contributed by atoms with Gasteiger partial charge in [0.05, 0.1) is 18.4 Å². The zero-order valence-electron chi connectivity index (χ0n) is 16.4. The van der Waals surface area contributed by atoms with Crippen LogP contribution in [0.15, 0.2) is 18.5 Å². The third-order valence-corrected chi connectivity index (χ3v) is 5.53. The van der Waals surface area contributed by atoms with Crippen molar-refractivity contribution in [1.82, 2.24) is 20.5 Å². The molecule has 0 bridgehead atoms. The molecule has 154 valence electrons. The number of carbonyl (C=O) groups excluding carboxylic acids is 2. The molecule has 2 aliphatic rings. The van der Waals surface area contributed by atoms with E-state index in [9.17, 15) is 14.7 Å². The topological polar surface area (TPSA) is 104 Å². The summed E-state index contributed by atoms with van der Waals surface area (Å²) in [6.45, 7) is 2.53. The summed E-state index contributed by atoms with van der Waals surface area (Å²) in [5, 5.41) is 15.6. The van der Waals surface area contributed by atoms with Gasteiger partial charge in [0.15, 0.2) is 0 Å². The Balaban J connectivity index is 1.54. The van der Waals surface area contributed by atoms with Crippen molar-refractivity contribution in [3.63, 3.8) is 0 Å². The van der Waals surface area contributed by atoms with Gasteiger partial charge in [-0.1, -0.05) is 0 Å². The number of carbonyl (C=O) groups is 2. The van der Waals surface area contributed by atoms with Crippen molar-refractivity contribution in [1.29, 1.82) is 0 Å². The number of rotatable bonds is 10. The van der Waals surface area contributed by atoms with E-state index in [-0.39, 0.29) is 35.2 Å². The molecule has 8 nitrogen and oxygen atoms in total. The normalized spacial score (nSPS) is 22.2. The molecule has 1 aliphatic carbocycles. The Kier molecular flexibility index (Phi) is 7.22. The third-order valence-electron chi connectivity index (χ3n) is 5.53. The lowest BCUT2D eigenvalue weighted by Crippen LogP contribution is -2.45. The van der Waals surface area contributed by atoms with Crippen LogP contribution in [0.2, 0.25) is 0 Å². The van der Waals surface area contributed by atoms with Crippen LogP contribution < -0.4 is 10.6 Å². The van der Waals surface area contributed by atoms with Gasteiger partial charge < -0.3 is 20.5 Å². The van der Waals surface area contributed by atoms with Gasteiger partial charge in [0.2, 0.25) is 5.91 Å². The highest BCUT2D eigenvalue weighted by molar-refractivity contribution is 5.96. The van der Waals surface area contributed by atoms with Crippen molar-refractivity contribution >= 4 is 11.8 Å². The van der Waals surface area contributed by atoms with Crippen LogP contribution in [0, 0.1) is 5.92 Å². The van der Waals surface area contributed by atoms with Crippen molar-refractivity contribution in [3.05, 3.63) is 24.0 Å². The molecule has 1 saturated carbocycles. The van der Waals surface area contributed by atoms with Crippen LogP contribution in [0.4, 0.5) is 0 Å². The van der Waals surface area contributed by atoms with Gasteiger partial charge in [-0.25, -0.2) is 0 Å². The molecule has 1 aliphatic heterocycles. The Morgan fingerprint density at radius 3 is 2.75 bits per heavy atom. The number of amides is 2. The lowest BCUT2D eigenvalue weighted by molar-refractivity contribution is -0.122. The van der Waals surface area contributed by atoms with Crippen LogP contribution in [-0.2, 0) is 9.53 Å². The van der Waals surface area contributed by atoms with E-state index in [0.29, 0.717) is 32.0 Å². The number of nitrogens with one attached hydrogen (secondary N) is 2. The third kappa shape index (κ3) is 5.65. The SMILES string of the molecule is COCCNC(=O)C[C@H]1CC[C@@H](CNC(=O)c2ccncc2O)N1CC1CC1. The molecular formula is C20H30N4O4. The van der Waals surface area contributed by atoms with Crippen molar-refractivity contribution in [3.8, 4) is 5.75 Å². The molecule has 2 amide bonds. The average Bonchev–Trinajstić information content (AvgIpc) is 3.43. The van der Waals surface area contributed by atoms with E-state index in [2.05, 4.69) is 20.5 Å². The average molecular weight is 390 g/mol. The van der Waals surface area contributed by atoms with E-state index in [1.807, 2.05) is 0 Å². The van der Waals surface area contributed by atoms with E-state index in [1.54, 1.807) is 7.11 Å². The van der Waals surface area contributed by atoms with Crippen LogP contribution in [0.5, 0.6) is 5.75 Å². The van der Waals surface area contributed by atoms with E-state index < -0.39 is 0 Å². The van der Waals surface area contributed by atoms with Gasteiger partial charge in [-0.3, -0.25) is 19.5 Å². The quantitative estimate of drug-likeness (QED) is 0.513. The van der Waals surface area contributed by atoms with Gasteiger partial charge >= 0.3 is 0 Å². The molecular weight excluding hydrogens is 360 g/mol. The number of hydrogen-bond acceptors (Lipinski definition) is 6. The fourth-order valence-electron chi connectivity index (χ4n) is 3.81. The molecule has 3 rings (SSSR count). The lowest BCUT2D eigenvalue weighted by atomic mass is 10.1. The maximum Gasteiger partial charge on any atom is 0.255 e. The predicted molar refractivity (Wildman–Crippen MR) is 104 cm³/mol. The minimum Gasteiger partial charge on any atom is -0.505 e. The van der Waals surface area contributed by atoms with Crippen LogP contribution in [0.1, 0.15) is 42.5 Å². The first-order chi connectivity index (χ1) is 13.6. The molecule has 2 heterocycles. The maximum absolute atomic E-state index is 12.4. The monoisotopic (exact) mass is 390 g/mol. The Hall–Kier alpha value is -2.19. The molecule has 28 heavy (non-hydrogen) atoms.